The van der Waals surface area contributed by atoms with Crippen LogP contribution in [0, 0.1) is 5.92 Å². The van der Waals surface area contributed by atoms with E-state index in [4.69, 9.17) is 4.74 Å². The van der Waals surface area contributed by atoms with Crippen molar-refractivity contribution in [3.05, 3.63) is 0 Å². The van der Waals surface area contributed by atoms with Crippen LogP contribution in [0.2, 0.25) is 0 Å². The van der Waals surface area contributed by atoms with Crippen molar-refractivity contribution in [3.63, 3.8) is 0 Å². The van der Waals surface area contributed by atoms with Crippen LogP contribution in [0.4, 0.5) is 0 Å². The van der Waals surface area contributed by atoms with Gasteiger partial charge in [0.1, 0.15) is 0 Å². The molecule has 0 aliphatic carbocycles. The zero-order valence-electron chi connectivity index (χ0n) is 15.4. The van der Waals surface area contributed by atoms with Gasteiger partial charge in [-0.2, -0.15) is 0 Å². The second kappa shape index (κ2) is 11.0. The highest BCUT2D eigenvalue weighted by atomic mass is 32.2. The molecule has 0 rings (SSSR count). The highest BCUT2D eigenvalue weighted by molar-refractivity contribution is 7.86. The Balaban J connectivity index is 4.06. The third-order valence-electron chi connectivity index (χ3n) is 3.33. The molecule has 0 aromatic carbocycles. The van der Waals surface area contributed by atoms with Gasteiger partial charge in [-0.15, -0.1) is 0 Å². The van der Waals surface area contributed by atoms with E-state index in [2.05, 4.69) is 29.5 Å². The fourth-order valence-corrected chi connectivity index (χ4v) is 2.84. The lowest BCUT2D eigenvalue weighted by atomic mass is 10.0. The number of hydrogen-bond donors (Lipinski definition) is 2. The van der Waals surface area contributed by atoms with E-state index in [0.717, 1.165) is 25.5 Å². The normalized spacial score (nSPS) is 15.7. The van der Waals surface area contributed by atoms with E-state index in [0.29, 0.717) is 18.2 Å². The van der Waals surface area contributed by atoms with Gasteiger partial charge < -0.3 is 15.4 Å². The molecule has 6 heteroatoms. The van der Waals surface area contributed by atoms with E-state index in [-0.39, 0.29) is 10.9 Å². The maximum atomic E-state index is 12.0. The Morgan fingerprint density at radius 3 is 2.27 bits per heavy atom. The first-order valence-corrected chi connectivity index (χ1v) is 9.48. The van der Waals surface area contributed by atoms with Crippen molar-refractivity contribution in [2.45, 2.75) is 58.8 Å². The van der Waals surface area contributed by atoms with E-state index in [1.165, 1.54) is 0 Å². The number of guanidine groups is 1. The standard InChI is InChI=1S/C16H35N3O2S/c1-8-21-14(13(2)3)9-10-18-15(17-7)19-11-12-22(20)16(4,5)6/h13-14H,8-12H2,1-7H3,(H2,17,18,19). The minimum absolute atomic E-state index is 0.166. The van der Waals surface area contributed by atoms with Crippen molar-refractivity contribution in [2.24, 2.45) is 10.9 Å². The first-order chi connectivity index (χ1) is 10.2. The third-order valence-corrected chi connectivity index (χ3v) is 5.27. The lowest BCUT2D eigenvalue weighted by molar-refractivity contribution is 0.0258. The van der Waals surface area contributed by atoms with E-state index in [1.807, 2.05) is 27.7 Å². The van der Waals surface area contributed by atoms with Gasteiger partial charge in [0.2, 0.25) is 0 Å². The molecule has 2 unspecified atom stereocenters. The first kappa shape index (κ1) is 21.4. The predicted molar refractivity (Wildman–Crippen MR) is 97.0 cm³/mol. The van der Waals surface area contributed by atoms with Gasteiger partial charge in [0.25, 0.3) is 0 Å². The molecule has 0 aromatic rings. The zero-order valence-corrected chi connectivity index (χ0v) is 16.2. The van der Waals surface area contributed by atoms with Crippen molar-refractivity contribution in [3.8, 4) is 0 Å². The van der Waals surface area contributed by atoms with Crippen molar-refractivity contribution < 1.29 is 8.95 Å². The molecule has 2 N–H and O–H groups in total. The number of nitrogens with one attached hydrogen (secondary N) is 2. The van der Waals surface area contributed by atoms with Crippen LogP contribution in [0.5, 0.6) is 0 Å². The Morgan fingerprint density at radius 1 is 1.23 bits per heavy atom. The highest BCUT2D eigenvalue weighted by Gasteiger charge is 2.18. The van der Waals surface area contributed by atoms with Crippen LogP contribution in [0.15, 0.2) is 4.99 Å². The van der Waals surface area contributed by atoms with Gasteiger partial charge in [0.15, 0.2) is 5.96 Å². The van der Waals surface area contributed by atoms with Gasteiger partial charge >= 0.3 is 0 Å². The summed E-state index contributed by atoms with van der Waals surface area (Å²) in [7, 11) is 0.906. The number of aliphatic imine (C=N–C) groups is 1. The molecule has 0 aliphatic heterocycles. The lowest BCUT2D eigenvalue weighted by Gasteiger charge is -2.22. The van der Waals surface area contributed by atoms with Gasteiger partial charge in [-0.05, 0) is 40.0 Å². The smallest absolute Gasteiger partial charge is 0.191 e. The quantitative estimate of drug-likeness (QED) is 0.501. The summed E-state index contributed by atoms with van der Waals surface area (Å²) in [5, 5.41) is 6.50. The summed E-state index contributed by atoms with van der Waals surface area (Å²) in [4.78, 5) is 4.19. The van der Waals surface area contributed by atoms with Crippen LogP contribution in [0.1, 0.15) is 48.0 Å². The van der Waals surface area contributed by atoms with E-state index < -0.39 is 10.8 Å². The molecule has 0 heterocycles. The predicted octanol–water partition coefficient (Wildman–Crippen LogP) is 2.15. The van der Waals surface area contributed by atoms with Gasteiger partial charge in [-0.1, -0.05) is 13.8 Å². The number of rotatable bonds is 9. The molecule has 0 aromatic heterocycles. The molecule has 0 fully saturated rings. The molecule has 0 radical (unpaired) electrons. The maximum Gasteiger partial charge on any atom is 0.191 e. The Kier molecular flexibility index (Phi) is 10.7. The molecule has 5 nitrogen and oxygen atoms in total. The third kappa shape index (κ3) is 9.41. The Bertz CT molecular complexity index is 352. The van der Waals surface area contributed by atoms with Gasteiger partial charge in [0, 0.05) is 48.0 Å². The average Bonchev–Trinajstić information content (AvgIpc) is 2.43. The summed E-state index contributed by atoms with van der Waals surface area (Å²) in [5.74, 6) is 1.88. The first-order valence-electron chi connectivity index (χ1n) is 8.17. The number of hydrogen-bond acceptors (Lipinski definition) is 3. The monoisotopic (exact) mass is 333 g/mol. The summed E-state index contributed by atoms with van der Waals surface area (Å²) in [6.07, 6.45) is 1.21. The summed E-state index contributed by atoms with van der Waals surface area (Å²) < 4.78 is 17.5. The van der Waals surface area contributed by atoms with Gasteiger partial charge in [0.05, 0.1) is 6.10 Å². The Morgan fingerprint density at radius 2 is 1.82 bits per heavy atom. The van der Waals surface area contributed by atoms with Crippen molar-refractivity contribution in [2.75, 3.05) is 32.5 Å². The summed E-state index contributed by atoms with van der Waals surface area (Å²) in [6.45, 7) is 14.6. The average molecular weight is 334 g/mol. The topological polar surface area (TPSA) is 62.7 Å². The summed E-state index contributed by atoms with van der Waals surface area (Å²) >= 11 is 0. The van der Waals surface area contributed by atoms with E-state index >= 15 is 0 Å². The van der Waals surface area contributed by atoms with E-state index in [9.17, 15) is 4.21 Å². The van der Waals surface area contributed by atoms with Crippen LogP contribution in [0.25, 0.3) is 0 Å². The summed E-state index contributed by atoms with van der Waals surface area (Å²) in [5.41, 5.74) is 0. The SMILES string of the molecule is CCOC(CCNC(=NC)NCCS(=O)C(C)(C)C)C(C)C. The Labute approximate surface area is 139 Å². The molecule has 0 saturated carbocycles. The van der Waals surface area contributed by atoms with Gasteiger partial charge in [-0.25, -0.2) is 0 Å². The summed E-state index contributed by atoms with van der Waals surface area (Å²) in [6, 6.07) is 0. The second-order valence-corrected chi connectivity index (χ2v) is 8.94. The molecular weight excluding hydrogens is 298 g/mol. The second-order valence-electron chi connectivity index (χ2n) is 6.61. The van der Waals surface area contributed by atoms with Gasteiger partial charge in [-0.3, -0.25) is 9.20 Å². The van der Waals surface area contributed by atoms with Crippen LogP contribution < -0.4 is 10.6 Å². The van der Waals surface area contributed by atoms with Crippen LogP contribution >= 0.6 is 0 Å². The van der Waals surface area contributed by atoms with Crippen LogP contribution in [-0.2, 0) is 15.5 Å². The van der Waals surface area contributed by atoms with E-state index in [1.54, 1.807) is 7.05 Å². The number of nitrogens with zero attached hydrogens (tertiary/aromatic N) is 1. The fraction of sp³-hybridized carbons (Fsp3) is 0.938. The zero-order chi connectivity index (χ0) is 17.2. The minimum Gasteiger partial charge on any atom is -0.378 e. The molecule has 22 heavy (non-hydrogen) atoms. The molecule has 0 bridgehead atoms. The number of ether oxygens (including phenoxy) is 1. The fourth-order valence-electron chi connectivity index (χ4n) is 1.94. The van der Waals surface area contributed by atoms with Crippen molar-refractivity contribution in [1.82, 2.24) is 10.6 Å². The molecule has 0 aliphatic rings. The largest absolute Gasteiger partial charge is 0.378 e. The highest BCUT2D eigenvalue weighted by Crippen LogP contribution is 2.11. The van der Waals surface area contributed by atoms with Crippen molar-refractivity contribution in [1.29, 1.82) is 0 Å². The van der Waals surface area contributed by atoms with Crippen LogP contribution in [-0.4, -0.2) is 53.5 Å². The van der Waals surface area contributed by atoms with Crippen molar-refractivity contribution >= 4 is 16.8 Å². The minimum atomic E-state index is -0.843. The molecule has 2 atom stereocenters. The molecule has 0 amide bonds. The molecule has 132 valence electrons. The molecule has 0 saturated heterocycles. The Hall–Kier alpha value is -0.620. The lowest BCUT2D eigenvalue weighted by Crippen LogP contribution is -2.41. The maximum absolute atomic E-state index is 12.0. The molecular formula is C16H35N3O2S. The van der Waals surface area contributed by atoms with Crippen LogP contribution in [0.3, 0.4) is 0 Å². The molecule has 0 spiro atoms.